The molecule has 2 fully saturated rings. The highest BCUT2D eigenvalue weighted by molar-refractivity contribution is 5.86. The number of hydrogen-bond donors (Lipinski definition) is 1. The van der Waals surface area contributed by atoms with Gasteiger partial charge in [0.05, 0.1) is 6.54 Å². The molecule has 2 heterocycles. The quantitative estimate of drug-likeness (QED) is 0.722. The fraction of sp³-hybridized carbons (Fsp3) is 0.800. The van der Waals surface area contributed by atoms with E-state index < -0.39 is 0 Å². The molecule has 1 atom stereocenters. The summed E-state index contributed by atoms with van der Waals surface area (Å²) in [5.41, 5.74) is 5.72. The molecule has 0 aromatic heterocycles. The third kappa shape index (κ3) is 2.86. The Labute approximate surface area is 101 Å². The summed E-state index contributed by atoms with van der Waals surface area (Å²) < 4.78 is 0. The average molecular weight is 248 g/mol. The summed E-state index contributed by atoms with van der Waals surface area (Å²) in [7, 11) is 0. The predicted octanol–water partition coefficient (Wildman–Crippen LogP) is -0.410. The van der Waals surface area contributed by atoms with Gasteiger partial charge >= 0.3 is 0 Å². The standard InChI is InChI=1S/C10H17N3O2.ClH/c11-8-3-5-13(6-8)10(15)7-12-4-1-2-9(12)14;/h8H,1-7,11H2;1H. The van der Waals surface area contributed by atoms with Crippen LogP contribution < -0.4 is 5.73 Å². The first-order valence-electron chi connectivity index (χ1n) is 5.48. The Kier molecular flexibility index (Phi) is 4.56. The summed E-state index contributed by atoms with van der Waals surface area (Å²) in [4.78, 5) is 26.5. The van der Waals surface area contributed by atoms with Crippen LogP contribution >= 0.6 is 12.4 Å². The number of carbonyl (C=O) groups excluding carboxylic acids is 2. The van der Waals surface area contributed by atoms with Crippen LogP contribution in [0.4, 0.5) is 0 Å². The Morgan fingerprint density at radius 1 is 1.44 bits per heavy atom. The summed E-state index contributed by atoms with van der Waals surface area (Å²) in [6, 6.07) is 0.114. The van der Waals surface area contributed by atoms with Gasteiger partial charge in [-0.05, 0) is 12.8 Å². The molecule has 5 nitrogen and oxygen atoms in total. The van der Waals surface area contributed by atoms with Crippen molar-refractivity contribution in [2.45, 2.75) is 25.3 Å². The minimum absolute atomic E-state index is 0. The Hall–Kier alpha value is -0.810. The van der Waals surface area contributed by atoms with Gasteiger partial charge in [-0.15, -0.1) is 12.4 Å². The molecule has 2 rings (SSSR count). The number of nitrogens with zero attached hydrogens (tertiary/aromatic N) is 2. The minimum atomic E-state index is 0. The fourth-order valence-electron chi connectivity index (χ4n) is 2.15. The van der Waals surface area contributed by atoms with Crippen LogP contribution in [0.15, 0.2) is 0 Å². The molecule has 0 spiro atoms. The van der Waals surface area contributed by atoms with E-state index in [-0.39, 0.29) is 36.8 Å². The summed E-state index contributed by atoms with van der Waals surface area (Å²) >= 11 is 0. The van der Waals surface area contributed by atoms with Crippen molar-refractivity contribution < 1.29 is 9.59 Å². The summed E-state index contributed by atoms with van der Waals surface area (Å²) in [5.74, 6) is 0.144. The second-order valence-corrected chi connectivity index (χ2v) is 4.31. The maximum Gasteiger partial charge on any atom is 0.242 e. The van der Waals surface area contributed by atoms with Crippen molar-refractivity contribution in [1.82, 2.24) is 9.80 Å². The Morgan fingerprint density at radius 2 is 2.19 bits per heavy atom. The van der Waals surface area contributed by atoms with Crippen LogP contribution in [0.2, 0.25) is 0 Å². The molecule has 2 amide bonds. The second kappa shape index (κ2) is 5.50. The van der Waals surface area contributed by atoms with Crippen molar-refractivity contribution in [2.75, 3.05) is 26.2 Å². The van der Waals surface area contributed by atoms with E-state index in [2.05, 4.69) is 0 Å². The fourth-order valence-corrected chi connectivity index (χ4v) is 2.15. The first-order valence-corrected chi connectivity index (χ1v) is 5.48. The van der Waals surface area contributed by atoms with Crippen LogP contribution in [0.3, 0.4) is 0 Å². The SMILES string of the molecule is Cl.NC1CCN(C(=O)CN2CCCC2=O)C1. The van der Waals surface area contributed by atoms with Crippen LogP contribution in [0.25, 0.3) is 0 Å². The van der Waals surface area contributed by atoms with Gasteiger partial charge in [-0.1, -0.05) is 0 Å². The smallest absolute Gasteiger partial charge is 0.242 e. The average Bonchev–Trinajstić information content (AvgIpc) is 2.77. The van der Waals surface area contributed by atoms with E-state index in [9.17, 15) is 9.59 Å². The molecular weight excluding hydrogens is 230 g/mol. The molecule has 0 bridgehead atoms. The molecule has 0 aliphatic carbocycles. The van der Waals surface area contributed by atoms with Crippen LogP contribution in [0.5, 0.6) is 0 Å². The monoisotopic (exact) mass is 247 g/mol. The topological polar surface area (TPSA) is 66.6 Å². The number of rotatable bonds is 2. The molecule has 2 N–H and O–H groups in total. The zero-order chi connectivity index (χ0) is 10.8. The summed E-state index contributed by atoms with van der Waals surface area (Å²) in [6.45, 7) is 2.35. The van der Waals surface area contributed by atoms with Crippen molar-refractivity contribution in [3.8, 4) is 0 Å². The highest BCUT2D eigenvalue weighted by atomic mass is 35.5. The second-order valence-electron chi connectivity index (χ2n) is 4.31. The van der Waals surface area contributed by atoms with Gasteiger partial charge < -0.3 is 15.5 Å². The number of hydrogen-bond acceptors (Lipinski definition) is 3. The van der Waals surface area contributed by atoms with Crippen LogP contribution in [-0.2, 0) is 9.59 Å². The van der Waals surface area contributed by atoms with E-state index in [1.165, 1.54) is 0 Å². The molecule has 16 heavy (non-hydrogen) atoms. The Morgan fingerprint density at radius 3 is 2.69 bits per heavy atom. The van der Waals surface area contributed by atoms with Crippen LogP contribution in [-0.4, -0.2) is 53.8 Å². The van der Waals surface area contributed by atoms with Gasteiger partial charge in [0.2, 0.25) is 11.8 Å². The molecular formula is C10H18ClN3O2. The maximum atomic E-state index is 11.8. The van der Waals surface area contributed by atoms with E-state index >= 15 is 0 Å². The molecule has 2 saturated heterocycles. The lowest BCUT2D eigenvalue weighted by Gasteiger charge is -2.20. The summed E-state index contributed by atoms with van der Waals surface area (Å²) in [6.07, 6.45) is 2.35. The van der Waals surface area contributed by atoms with Crippen molar-refractivity contribution in [1.29, 1.82) is 0 Å². The van der Waals surface area contributed by atoms with E-state index in [1.807, 2.05) is 0 Å². The first-order chi connectivity index (χ1) is 7.16. The lowest BCUT2D eigenvalue weighted by molar-refractivity contribution is -0.137. The highest BCUT2D eigenvalue weighted by Gasteiger charge is 2.28. The number of carbonyl (C=O) groups is 2. The molecule has 2 aliphatic heterocycles. The van der Waals surface area contributed by atoms with E-state index in [0.29, 0.717) is 13.0 Å². The van der Waals surface area contributed by atoms with Crippen LogP contribution in [0.1, 0.15) is 19.3 Å². The lowest BCUT2D eigenvalue weighted by atomic mass is 10.3. The molecule has 92 valence electrons. The first kappa shape index (κ1) is 13.3. The largest absolute Gasteiger partial charge is 0.340 e. The van der Waals surface area contributed by atoms with Crippen molar-refractivity contribution in [3.63, 3.8) is 0 Å². The van der Waals surface area contributed by atoms with E-state index in [1.54, 1.807) is 9.80 Å². The third-order valence-corrected chi connectivity index (χ3v) is 3.07. The van der Waals surface area contributed by atoms with Gasteiger partial charge in [-0.2, -0.15) is 0 Å². The number of likely N-dealkylation sites (tertiary alicyclic amines) is 2. The highest BCUT2D eigenvalue weighted by Crippen LogP contribution is 2.12. The van der Waals surface area contributed by atoms with E-state index in [4.69, 9.17) is 5.73 Å². The molecule has 6 heteroatoms. The normalized spacial score (nSPS) is 24.8. The molecule has 0 radical (unpaired) electrons. The number of halogens is 1. The number of amides is 2. The zero-order valence-corrected chi connectivity index (χ0v) is 10.0. The van der Waals surface area contributed by atoms with Crippen molar-refractivity contribution >= 4 is 24.2 Å². The molecule has 1 unspecified atom stereocenters. The summed E-state index contributed by atoms with van der Waals surface area (Å²) in [5, 5.41) is 0. The van der Waals surface area contributed by atoms with Gasteiger partial charge in [0.15, 0.2) is 0 Å². The van der Waals surface area contributed by atoms with E-state index in [0.717, 1.165) is 25.9 Å². The maximum absolute atomic E-state index is 11.8. The third-order valence-electron chi connectivity index (χ3n) is 3.07. The minimum Gasteiger partial charge on any atom is -0.340 e. The van der Waals surface area contributed by atoms with Crippen LogP contribution in [0, 0.1) is 0 Å². The zero-order valence-electron chi connectivity index (χ0n) is 9.22. The van der Waals surface area contributed by atoms with Gasteiger partial charge in [0.25, 0.3) is 0 Å². The van der Waals surface area contributed by atoms with Gasteiger partial charge in [0, 0.05) is 32.1 Å². The molecule has 2 aliphatic rings. The Bertz CT molecular complexity index is 285. The molecule has 0 aromatic rings. The predicted molar refractivity (Wildman–Crippen MR) is 62.2 cm³/mol. The molecule has 0 saturated carbocycles. The lowest BCUT2D eigenvalue weighted by Crippen LogP contribution is -2.40. The van der Waals surface area contributed by atoms with Crippen molar-refractivity contribution in [2.24, 2.45) is 5.73 Å². The Balaban J connectivity index is 0.00000128. The van der Waals surface area contributed by atoms with Gasteiger partial charge in [-0.3, -0.25) is 9.59 Å². The van der Waals surface area contributed by atoms with Gasteiger partial charge in [0.1, 0.15) is 0 Å². The number of nitrogens with two attached hydrogens (primary N) is 1. The molecule has 0 aromatic carbocycles. The van der Waals surface area contributed by atoms with Crippen molar-refractivity contribution in [3.05, 3.63) is 0 Å². The van der Waals surface area contributed by atoms with Gasteiger partial charge in [-0.25, -0.2) is 0 Å².